The fourth-order valence-corrected chi connectivity index (χ4v) is 6.36. The first-order chi connectivity index (χ1) is 15.8. The molecule has 0 aliphatic carbocycles. The number of ether oxygens (including phenoxy) is 1. The molecule has 2 aliphatic rings. The van der Waals surface area contributed by atoms with E-state index in [1.807, 2.05) is 31.2 Å². The van der Waals surface area contributed by atoms with Crippen LogP contribution in [0.5, 0.6) is 5.75 Å². The number of amides is 2. The number of piperidine rings is 1. The molecular weight excluding hydrogens is 462 g/mol. The molecule has 4 rings (SSSR count). The normalized spacial score (nSPS) is 19.5. The first-order valence-electron chi connectivity index (χ1n) is 10.8. The molecule has 0 radical (unpaired) electrons. The van der Waals surface area contributed by atoms with Crippen LogP contribution in [0.2, 0.25) is 0 Å². The van der Waals surface area contributed by atoms with Gasteiger partial charge in [-0.3, -0.25) is 9.59 Å². The third kappa shape index (κ3) is 5.18. The van der Waals surface area contributed by atoms with E-state index in [2.05, 4.69) is 10.6 Å². The van der Waals surface area contributed by atoms with Gasteiger partial charge in [-0.15, -0.1) is 11.8 Å². The van der Waals surface area contributed by atoms with Crippen LogP contribution in [0.4, 0.5) is 5.69 Å². The molecule has 10 heteroatoms. The van der Waals surface area contributed by atoms with Crippen molar-refractivity contribution in [1.82, 2.24) is 9.62 Å². The molecule has 0 aromatic heterocycles. The van der Waals surface area contributed by atoms with Crippen LogP contribution in [-0.4, -0.2) is 50.0 Å². The van der Waals surface area contributed by atoms with E-state index in [0.717, 1.165) is 16.2 Å². The van der Waals surface area contributed by atoms with Gasteiger partial charge >= 0.3 is 0 Å². The minimum absolute atomic E-state index is 0.0643. The van der Waals surface area contributed by atoms with E-state index in [4.69, 9.17) is 4.74 Å². The second kappa shape index (κ2) is 9.74. The molecule has 0 bridgehead atoms. The number of rotatable bonds is 6. The zero-order valence-electron chi connectivity index (χ0n) is 18.5. The molecule has 0 spiro atoms. The summed E-state index contributed by atoms with van der Waals surface area (Å²) < 4.78 is 32.9. The largest absolute Gasteiger partial charge is 0.497 e. The number of thioether (sulfide) groups is 1. The van der Waals surface area contributed by atoms with Gasteiger partial charge in [0.05, 0.1) is 22.9 Å². The Morgan fingerprint density at radius 1 is 1.18 bits per heavy atom. The third-order valence-corrected chi connectivity index (χ3v) is 9.04. The van der Waals surface area contributed by atoms with Crippen molar-refractivity contribution in [2.45, 2.75) is 41.4 Å². The molecule has 2 heterocycles. The van der Waals surface area contributed by atoms with Crippen LogP contribution in [0, 0.1) is 5.92 Å². The highest BCUT2D eigenvalue weighted by atomic mass is 32.2. The van der Waals surface area contributed by atoms with Gasteiger partial charge in [0.1, 0.15) is 5.75 Å². The molecule has 2 aliphatic heterocycles. The number of methoxy groups -OCH3 is 1. The van der Waals surface area contributed by atoms with Gasteiger partial charge in [0.2, 0.25) is 21.8 Å². The number of benzene rings is 2. The number of fused-ring (bicyclic) bond motifs is 1. The highest BCUT2D eigenvalue weighted by Crippen LogP contribution is 2.37. The van der Waals surface area contributed by atoms with Crippen LogP contribution in [0.25, 0.3) is 0 Å². The van der Waals surface area contributed by atoms with E-state index < -0.39 is 10.0 Å². The molecular formula is C23H27N3O5S2. The van der Waals surface area contributed by atoms with E-state index in [1.54, 1.807) is 19.2 Å². The van der Waals surface area contributed by atoms with Crippen LogP contribution in [0.15, 0.2) is 52.3 Å². The number of anilines is 1. The third-order valence-electron chi connectivity index (χ3n) is 5.97. The minimum Gasteiger partial charge on any atom is -0.497 e. The maximum atomic E-state index is 13.2. The van der Waals surface area contributed by atoms with E-state index in [9.17, 15) is 18.0 Å². The molecule has 2 N–H and O–H groups in total. The standard InChI is InChI=1S/C23H27N3O5S2/c1-15-22(27)25-20-13-19(7-8-21(20)32-15)33(29,30)26-11-9-17(10-12-26)23(28)24-14-16-3-5-18(31-2)6-4-16/h3-8,13,15,17H,9-12,14H2,1-2H3,(H,24,28)(H,25,27)/t15-/m0/s1. The second-order valence-corrected chi connectivity index (χ2v) is 11.5. The fourth-order valence-electron chi connectivity index (χ4n) is 3.93. The number of carbonyl (C=O) groups is 2. The molecule has 176 valence electrons. The zero-order chi connectivity index (χ0) is 23.6. The SMILES string of the molecule is COc1ccc(CNC(=O)C2CCN(S(=O)(=O)c3ccc4c(c3)NC(=O)[C@H](C)S4)CC2)cc1. The van der Waals surface area contributed by atoms with Crippen LogP contribution < -0.4 is 15.4 Å². The second-order valence-electron chi connectivity index (χ2n) is 8.15. The Kier molecular flexibility index (Phi) is 6.96. The minimum atomic E-state index is -3.71. The van der Waals surface area contributed by atoms with Crippen molar-refractivity contribution >= 4 is 39.3 Å². The number of nitrogens with zero attached hydrogens (tertiary/aromatic N) is 1. The van der Waals surface area contributed by atoms with Gasteiger partial charge < -0.3 is 15.4 Å². The number of hydrogen-bond donors (Lipinski definition) is 2. The lowest BCUT2D eigenvalue weighted by molar-refractivity contribution is -0.126. The molecule has 2 aromatic rings. The van der Waals surface area contributed by atoms with Crippen molar-refractivity contribution in [3.63, 3.8) is 0 Å². The molecule has 1 saturated heterocycles. The Hall–Kier alpha value is -2.56. The van der Waals surface area contributed by atoms with Crippen LogP contribution in [0.3, 0.4) is 0 Å². The summed E-state index contributed by atoms with van der Waals surface area (Å²) in [7, 11) is -2.10. The topological polar surface area (TPSA) is 105 Å². The Balaban J connectivity index is 1.34. The molecule has 1 atom stereocenters. The smallest absolute Gasteiger partial charge is 0.243 e. The van der Waals surface area contributed by atoms with E-state index in [0.29, 0.717) is 25.1 Å². The van der Waals surface area contributed by atoms with Crippen molar-refractivity contribution in [2.24, 2.45) is 5.92 Å². The molecule has 1 fully saturated rings. The van der Waals surface area contributed by atoms with Gasteiger partial charge in [-0.05, 0) is 55.7 Å². The predicted octanol–water partition coefficient (Wildman–Crippen LogP) is 2.85. The maximum Gasteiger partial charge on any atom is 0.243 e. The van der Waals surface area contributed by atoms with E-state index in [1.165, 1.54) is 22.1 Å². The summed E-state index contributed by atoms with van der Waals surface area (Å²) in [5.74, 6) is 0.331. The van der Waals surface area contributed by atoms with Crippen LogP contribution >= 0.6 is 11.8 Å². The van der Waals surface area contributed by atoms with Crippen molar-refractivity contribution in [3.05, 3.63) is 48.0 Å². The number of sulfonamides is 1. The van der Waals surface area contributed by atoms with E-state index in [-0.39, 0.29) is 41.0 Å². The molecule has 0 saturated carbocycles. The van der Waals surface area contributed by atoms with Gasteiger partial charge in [-0.25, -0.2) is 8.42 Å². The zero-order valence-corrected chi connectivity index (χ0v) is 20.2. The van der Waals surface area contributed by atoms with Crippen molar-refractivity contribution in [2.75, 3.05) is 25.5 Å². The van der Waals surface area contributed by atoms with E-state index >= 15 is 0 Å². The van der Waals surface area contributed by atoms with Crippen molar-refractivity contribution < 1.29 is 22.7 Å². The lowest BCUT2D eigenvalue weighted by Crippen LogP contribution is -2.42. The number of nitrogens with one attached hydrogen (secondary N) is 2. The van der Waals surface area contributed by atoms with Gasteiger partial charge in [-0.2, -0.15) is 4.31 Å². The summed E-state index contributed by atoms with van der Waals surface area (Å²) in [6.07, 6.45) is 0.922. The fraction of sp³-hybridized carbons (Fsp3) is 0.391. The van der Waals surface area contributed by atoms with Gasteiger partial charge in [-0.1, -0.05) is 12.1 Å². The first kappa shape index (κ1) is 23.6. The molecule has 33 heavy (non-hydrogen) atoms. The quantitative estimate of drug-likeness (QED) is 0.647. The monoisotopic (exact) mass is 489 g/mol. The van der Waals surface area contributed by atoms with Crippen LogP contribution in [-0.2, 0) is 26.2 Å². The van der Waals surface area contributed by atoms with Gasteiger partial charge in [0.25, 0.3) is 0 Å². The summed E-state index contributed by atoms with van der Waals surface area (Å²) in [5, 5.41) is 5.51. The molecule has 2 aromatic carbocycles. The average molecular weight is 490 g/mol. The lowest BCUT2D eigenvalue weighted by Gasteiger charge is -2.31. The number of hydrogen-bond acceptors (Lipinski definition) is 6. The van der Waals surface area contributed by atoms with Crippen molar-refractivity contribution in [3.8, 4) is 5.75 Å². The maximum absolute atomic E-state index is 13.2. The highest BCUT2D eigenvalue weighted by Gasteiger charge is 2.33. The average Bonchev–Trinajstić information content (AvgIpc) is 2.83. The summed E-state index contributed by atoms with van der Waals surface area (Å²) in [5.41, 5.74) is 1.49. The van der Waals surface area contributed by atoms with Crippen molar-refractivity contribution in [1.29, 1.82) is 0 Å². The predicted molar refractivity (Wildman–Crippen MR) is 127 cm³/mol. The van der Waals surface area contributed by atoms with Gasteiger partial charge in [0, 0.05) is 30.4 Å². The Labute approximate surface area is 198 Å². The molecule has 8 nitrogen and oxygen atoms in total. The Morgan fingerprint density at radius 3 is 2.55 bits per heavy atom. The lowest BCUT2D eigenvalue weighted by atomic mass is 9.97. The summed E-state index contributed by atoms with van der Waals surface area (Å²) in [6.45, 7) is 2.78. The molecule has 2 amide bonds. The van der Waals surface area contributed by atoms with Gasteiger partial charge in [0.15, 0.2) is 0 Å². The summed E-state index contributed by atoms with van der Waals surface area (Å²) >= 11 is 1.41. The highest BCUT2D eigenvalue weighted by molar-refractivity contribution is 8.01. The Bertz CT molecular complexity index is 1140. The Morgan fingerprint density at radius 2 is 1.88 bits per heavy atom. The van der Waals surface area contributed by atoms with Crippen LogP contribution in [0.1, 0.15) is 25.3 Å². The first-order valence-corrected chi connectivity index (χ1v) is 13.1. The summed E-state index contributed by atoms with van der Waals surface area (Å²) in [6, 6.07) is 12.3. The summed E-state index contributed by atoms with van der Waals surface area (Å²) in [4.78, 5) is 25.6. The number of carbonyl (C=O) groups excluding carboxylic acids is 2. The molecule has 0 unspecified atom stereocenters.